The van der Waals surface area contributed by atoms with E-state index in [9.17, 15) is 152 Å². The smallest absolute Gasteiger partial charge is 0.342 e. The van der Waals surface area contributed by atoms with Crippen LogP contribution in [0.4, 0.5) is 0 Å². The fourth-order valence-corrected chi connectivity index (χ4v) is 13.2. The zero-order chi connectivity index (χ0) is 89.3. The average molecular weight is 1720 g/mol. The van der Waals surface area contributed by atoms with Crippen molar-refractivity contribution in [2.24, 2.45) is 0 Å². The molecule has 123 heavy (non-hydrogen) atoms. The number of rotatable bonds is 7. The number of benzene rings is 9. The molecular weight excluding hydrogens is 1670 g/mol. The van der Waals surface area contributed by atoms with Crippen LogP contribution in [-0.4, -0.2) is 261 Å². The highest BCUT2D eigenvalue weighted by molar-refractivity contribution is 6.11. The molecule has 2 saturated heterocycles. The van der Waals surface area contributed by atoms with E-state index >= 15 is 24.0 Å². The topological polar surface area (TPSA) is 800 Å². The van der Waals surface area contributed by atoms with Crippen LogP contribution in [0, 0.1) is 0 Å². The molecule has 9 aromatic rings. The largest absolute Gasteiger partial charge is 0.504 e. The molecule has 26 N–H and O–H groups in total. The predicted molar refractivity (Wildman–Crippen MR) is 378 cm³/mol. The van der Waals surface area contributed by atoms with Gasteiger partial charge < -0.3 is 194 Å². The molecule has 6 heterocycles. The van der Waals surface area contributed by atoms with Crippen LogP contribution in [0.3, 0.4) is 0 Å². The second-order valence-corrected chi connectivity index (χ2v) is 26.7. The Morgan fingerprint density at radius 1 is 0.309 bits per heavy atom. The number of fused-ring (bicyclic) bond motifs is 7. The predicted octanol–water partition coefficient (Wildman–Crippen LogP) is 3.15. The first-order valence-corrected chi connectivity index (χ1v) is 34.2. The van der Waals surface area contributed by atoms with Crippen LogP contribution in [0.1, 0.15) is 93.2 Å². The van der Waals surface area contributed by atoms with Gasteiger partial charge in [0.25, 0.3) is 0 Å². The Labute approximate surface area is 675 Å². The van der Waals surface area contributed by atoms with Gasteiger partial charge in [-0.3, -0.25) is 0 Å². The van der Waals surface area contributed by atoms with Crippen molar-refractivity contribution in [2.75, 3.05) is 13.2 Å². The molecule has 640 valence electrons. The highest BCUT2D eigenvalue weighted by Gasteiger charge is 2.58. The number of hydrogen-bond acceptors (Lipinski definition) is 48. The summed E-state index contributed by atoms with van der Waals surface area (Å²) in [6.07, 6.45) is -29.0. The molecule has 15 rings (SSSR count). The molecule has 6 aliphatic rings. The van der Waals surface area contributed by atoms with Crippen LogP contribution in [0.2, 0.25) is 0 Å². The number of hydrogen-bond donors (Lipinski definition) is 26. The molecule has 0 unspecified atom stereocenters. The molecule has 48 nitrogen and oxygen atoms in total. The molecule has 9 aromatic carbocycles. The van der Waals surface area contributed by atoms with E-state index in [1.807, 2.05) is 0 Å². The quantitative estimate of drug-likeness (QED) is 0.0619. The summed E-state index contributed by atoms with van der Waals surface area (Å²) in [5.41, 5.74) is -17.7. The molecule has 10 atom stereocenters. The lowest BCUT2D eigenvalue weighted by Crippen LogP contribution is -2.63. The van der Waals surface area contributed by atoms with Crippen molar-refractivity contribution in [3.63, 3.8) is 0 Å². The van der Waals surface area contributed by atoms with E-state index in [1.54, 1.807) is 0 Å². The summed E-state index contributed by atoms with van der Waals surface area (Å²) in [6.45, 7) is -3.15. The zero-order valence-corrected chi connectivity index (χ0v) is 60.2. The highest BCUT2D eigenvalue weighted by atomic mass is 16.8. The first-order valence-electron chi connectivity index (χ1n) is 34.2. The van der Waals surface area contributed by atoms with E-state index < -0.39 is 367 Å². The Hall–Kier alpha value is -17.3. The first kappa shape index (κ1) is 82.2. The van der Waals surface area contributed by atoms with E-state index in [1.165, 1.54) is 0 Å². The Morgan fingerprint density at radius 3 is 1.03 bits per heavy atom. The number of carbonyl (C=O) groups is 9. The van der Waals surface area contributed by atoms with Crippen molar-refractivity contribution in [1.82, 2.24) is 0 Å². The van der Waals surface area contributed by atoms with Gasteiger partial charge in [-0.05, 0) is 48.5 Å². The lowest BCUT2D eigenvalue weighted by molar-refractivity contribution is -0.284. The summed E-state index contributed by atoms with van der Waals surface area (Å²) >= 11 is 0. The van der Waals surface area contributed by atoms with Crippen LogP contribution >= 0.6 is 0 Å². The molecule has 0 aromatic heterocycles. The maximum atomic E-state index is 15.7. The second kappa shape index (κ2) is 30.3. The second-order valence-electron chi connectivity index (χ2n) is 26.7. The summed E-state index contributed by atoms with van der Waals surface area (Å²) < 4.78 is 74.4. The standard InChI is InChI=1S/C75H52O48/c76-24-1-15(2-25(77)42(24)86)65(101)111-14-37-60-62(120-67(103)17-5-28(80)44(88)29(81)6-17)64-75(116-37)123-71(107)21-12-35(50(94)54(98)41(21)39-19(69(105)122-64)8-31(83)46(90)52(39)96)114-58-23(10-33(85)48(92)56(58)100)73(109)121-63-61(119-66(102)16-3-26(78)43(87)27(79)4-16)59-36(115-74(63)110)13-112-68(104)18-7-30(82)45(89)51(95)38(18)40-20(70(106)117-59)11-34(49(93)53(40)97)113-57-22(72(108)118-60)9-32(84)47(91)55(57)99/h1-12,36-37,59-64,74-100,110H,13-14H2/t36-,37-,59-,60+,61+,62+,63+,64+,74+,75+/m1/s1. The number of carbonyl (C=O) groups excluding carboxylic acids is 9. The van der Waals surface area contributed by atoms with E-state index in [2.05, 4.69) is 0 Å². The van der Waals surface area contributed by atoms with Gasteiger partial charge in [0.1, 0.15) is 36.5 Å². The molecular formula is C75H52O48. The molecule has 48 heteroatoms. The van der Waals surface area contributed by atoms with Crippen molar-refractivity contribution in [3.8, 4) is 189 Å². The molecule has 0 saturated carbocycles. The summed E-state index contributed by atoms with van der Waals surface area (Å²) in [5, 5.41) is 291. The third-order valence-corrected chi connectivity index (χ3v) is 19.2. The van der Waals surface area contributed by atoms with Gasteiger partial charge >= 0.3 is 53.7 Å². The minimum atomic E-state index is -3.05. The Kier molecular flexibility index (Phi) is 20.3. The van der Waals surface area contributed by atoms with E-state index in [0.717, 1.165) is 0 Å². The molecule has 6 aliphatic heterocycles. The normalized spacial score (nSPS) is 20.4. The van der Waals surface area contributed by atoms with Crippen LogP contribution in [0.15, 0.2) is 72.8 Å². The van der Waals surface area contributed by atoms with Gasteiger partial charge in [0.2, 0.25) is 58.4 Å². The Bertz CT molecular complexity index is 6070. The third-order valence-electron chi connectivity index (χ3n) is 19.2. The maximum Gasteiger partial charge on any atom is 0.342 e. The average Bonchev–Trinajstić information content (AvgIpc) is 0.743. The lowest BCUT2D eigenvalue weighted by Gasteiger charge is -2.44. The molecule has 0 spiro atoms. The van der Waals surface area contributed by atoms with Gasteiger partial charge in [0.05, 0.1) is 38.9 Å². The molecule has 0 aliphatic carbocycles. The van der Waals surface area contributed by atoms with Crippen molar-refractivity contribution < 1.29 is 237 Å². The van der Waals surface area contributed by atoms with Crippen molar-refractivity contribution in [3.05, 3.63) is 123 Å². The minimum absolute atomic E-state index is 0.0942. The van der Waals surface area contributed by atoms with Gasteiger partial charge in [0, 0.05) is 46.5 Å². The van der Waals surface area contributed by atoms with Gasteiger partial charge in [0.15, 0.2) is 158 Å². The molecule has 0 amide bonds. The number of cyclic esters (lactones) is 1. The number of phenols is 25. The van der Waals surface area contributed by atoms with Gasteiger partial charge in [-0.25, -0.2) is 43.2 Å². The van der Waals surface area contributed by atoms with Gasteiger partial charge in [-0.1, -0.05) is 0 Å². The van der Waals surface area contributed by atoms with Crippen molar-refractivity contribution in [1.29, 1.82) is 0 Å². The number of ether oxygens (including phenoxy) is 13. The zero-order valence-electron chi connectivity index (χ0n) is 60.2. The van der Waals surface area contributed by atoms with Gasteiger partial charge in [-0.2, -0.15) is 0 Å². The number of aliphatic hydroxyl groups is 1. The van der Waals surface area contributed by atoms with Crippen molar-refractivity contribution in [2.45, 2.75) is 61.4 Å². The number of esters is 9. The summed E-state index contributed by atoms with van der Waals surface area (Å²) in [5.74, 6) is -64.4. The van der Waals surface area contributed by atoms with Crippen LogP contribution in [0.25, 0.3) is 22.3 Å². The number of aromatic hydroxyl groups is 25. The fourth-order valence-electron chi connectivity index (χ4n) is 13.2. The SMILES string of the molecule is O=C(OC[C@H]1O[C@H]2OC(=O)c3cc4c(O)c(O)c3-c3c(cc(O)c(O)c3O)C(=O)O[C@H]2[C@@H](OC(=O)c2cc(O)c(O)c(O)c2)[C@H]1OC(=O)c1cc(O)c(O)c(O)c1Oc1cc2c(c(O)c1O)-c1c(cc(O)c(O)c1O)C(=O)OC[C@H]1O[C@H](O)[C@@H](OC(=O)c3cc(O)c(O)c(O)c3O4)[C@@H](OC(=O)c3cc(O)c(O)c(O)c3)[C@@H]1OC2=O)c1cc(O)c(O)c(O)c1. The monoisotopic (exact) mass is 1720 g/mol. The van der Waals surface area contributed by atoms with Gasteiger partial charge in [-0.15, -0.1) is 0 Å². The summed E-state index contributed by atoms with van der Waals surface area (Å²) in [4.78, 5) is 135. The van der Waals surface area contributed by atoms with Crippen LogP contribution in [0.5, 0.6) is 167 Å². The summed E-state index contributed by atoms with van der Waals surface area (Å²) in [7, 11) is 0. The van der Waals surface area contributed by atoms with E-state index in [-0.39, 0.29) is 36.4 Å². The molecule has 2 fully saturated rings. The van der Waals surface area contributed by atoms with E-state index in [0.29, 0.717) is 36.4 Å². The number of aliphatic hydroxyl groups excluding tert-OH is 1. The molecule has 9 bridgehead atoms. The van der Waals surface area contributed by atoms with Crippen LogP contribution in [-0.2, 0) is 52.1 Å². The Morgan fingerprint density at radius 2 is 0.618 bits per heavy atom. The Balaban J connectivity index is 1.05. The third kappa shape index (κ3) is 14.0. The maximum absolute atomic E-state index is 15.7. The van der Waals surface area contributed by atoms with Crippen molar-refractivity contribution >= 4 is 53.7 Å². The lowest BCUT2D eigenvalue weighted by atomic mass is 9.91. The first-order chi connectivity index (χ1) is 58.0. The van der Waals surface area contributed by atoms with E-state index in [4.69, 9.17) is 61.6 Å². The minimum Gasteiger partial charge on any atom is -0.504 e. The highest BCUT2D eigenvalue weighted by Crippen LogP contribution is 2.59. The molecule has 0 radical (unpaired) electrons. The van der Waals surface area contributed by atoms with Crippen LogP contribution < -0.4 is 9.47 Å². The fraction of sp³-hybridized carbons (Fsp3) is 0.160. The number of phenolic OH excluding ortho intramolecular Hbond substituents is 25. The summed E-state index contributed by atoms with van der Waals surface area (Å²) in [6, 6.07) is 3.41.